The number of nitrogens with one attached hydrogen (secondary N) is 2. The molecular formula is C28H36N4O2. The van der Waals surface area contributed by atoms with Gasteiger partial charge in [0.15, 0.2) is 0 Å². The molecule has 1 spiro atoms. The van der Waals surface area contributed by atoms with Crippen molar-refractivity contribution in [1.82, 2.24) is 20.1 Å². The molecule has 6 nitrogen and oxygen atoms in total. The summed E-state index contributed by atoms with van der Waals surface area (Å²) >= 11 is 0. The molecule has 0 radical (unpaired) electrons. The smallest absolute Gasteiger partial charge is 0.234 e. The van der Waals surface area contributed by atoms with Crippen molar-refractivity contribution in [1.29, 1.82) is 0 Å². The molecule has 2 aromatic carbocycles. The molecule has 3 heterocycles. The molecule has 2 aliphatic rings. The van der Waals surface area contributed by atoms with E-state index in [-0.39, 0.29) is 11.8 Å². The van der Waals surface area contributed by atoms with Gasteiger partial charge in [-0.3, -0.25) is 9.69 Å². The number of para-hydroxylation sites is 1. The van der Waals surface area contributed by atoms with Crippen LogP contribution in [0.25, 0.3) is 10.9 Å². The van der Waals surface area contributed by atoms with Crippen molar-refractivity contribution in [2.24, 2.45) is 5.41 Å². The minimum atomic E-state index is 0.0600. The first-order chi connectivity index (χ1) is 16.5. The Morgan fingerprint density at radius 1 is 1.09 bits per heavy atom. The highest BCUT2D eigenvalue weighted by molar-refractivity contribution is 5.84. The van der Waals surface area contributed by atoms with Crippen LogP contribution in [0.15, 0.2) is 54.7 Å². The van der Waals surface area contributed by atoms with E-state index in [0.717, 1.165) is 29.9 Å². The molecule has 1 unspecified atom stereocenters. The standard InChI is InChI=1S/C28H36N4O2/c1-31-14-11-28(12-15-31)13-16-32(20-28)19-27(33)30-17-24(21-7-9-22(34-2)10-8-21)25-18-29-26-6-4-3-5-23(25)26/h3-10,18,24,29H,11-17,19-20H2,1-2H3,(H,30,33). The number of hydrogen-bond acceptors (Lipinski definition) is 4. The van der Waals surface area contributed by atoms with Crippen LogP contribution in [0.4, 0.5) is 0 Å². The van der Waals surface area contributed by atoms with Crippen LogP contribution in [-0.4, -0.2) is 74.1 Å². The second-order valence-electron chi connectivity index (χ2n) is 10.2. The van der Waals surface area contributed by atoms with Crippen molar-refractivity contribution < 1.29 is 9.53 Å². The Hall–Kier alpha value is -2.83. The largest absolute Gasteiger partial charge is 0.497 e. The maximum atomic E-state index is 13.0. The second-order valence-corrected chi connectivity index (χ2v) is 10.2. The quantitative estimate of drug-likeness (QED) is 0.562. The summed E-state index contributed by atoms with van der Waals surface area (Å²) < 4.78 is 5.35. The summed E-state index contributed by atoms with van der Waals surface area (Å²) in [7, 11) is 3.89. The number of amides is 1. The minimum Gasteiger partial charge on any atom is -0.497 e. The Bertz CT molecular complexity index is 1110. The third-order valence-electron chi connectivity index (χ3n) is 7.95. The van der Waals surface area contributed by atoms with Gasteiger partial charge in [-0.05, 0) is 80.7 Å². The molecule has 2 N–H and O–H groups in total. The van der Waals surface area contributed by atoms with Gasteiger partial charge in [0.1, 0.15) is 5.75 Å². The predicted octanol–water partition coefficient (Wildman–Crippen LogP) is 3.84. The van der Waals surface area contributed by atoms with Crippen LogP contribution in [-0.2, 0) is 4.79 Å². The minimum absolute atomic E-state index is 0.0600. The van der Waals surface area contributed by atoms with Gasteiger partial charge in [-0.2, -0.15) is 0 Å². The topological polar surface area (TPSA) is 60.6 Å². The number of H-pyrrole nitrogens is 1. The summed E-state index contributed by atoms with van der Waals surface area (Å²) in [5, 5.41) is 4.45. The van der Waals surface area contributed by atoms with Crippen molar-refractivity contribution in [3.8, 4) is 5.75 Å². The van der Waals surface area contributed by atoms with Crippen molar-refractivity contribution in [3.05, 3.63) is 65.9 Å². The van der Waals surface area contributed by atoms with E-state index in [9.17, 15) is 4.79 Å². The van der Waals surface area contributed by atoms with Crippen molar-refractivity contribution in [2.45, 2.75) is 25.2 Å². The molecule has 2 fully saturated rings. The number of likely N-dealkylation sites (tertiary alicyclic amines) is 2. The molecule has 0 aliphatic carbocycles. The molecule has 6 heteroatoms. The van der Waals surface area contributed by atoms with Gasteiger partial charge in [0.05, 0.1) is 13.7 Å². The van der Waals surface area contributed by atoms with Crippen LogP contribution >= 0.6 is 0 Å². The number of fused-ring (bicyclic) bond motifs is 1. The number of benzene rings is 2. The Morgan fingerprint density at radius 2 is 1.82 bits per heavy atom. The molecule has 1 amide bonds. The number of piperidine rings is 1. The maximum absolute atomic E-state index is 13.0. The average Bonchev–Trinajstić information content (AvgIpc) is 3.46. The third-order valence-corrected chi connectivity index (χ3v) is 7.95. The fourth-order valence-corrected chi connectivity index (χ4v) is 5.76. The highest BCUT2D eigenvalue weighted by Crippen LogP contribution is 2.40. The Labute approximate surface area is 202 Å². The van der Waals surface area contributed by atoms with Gasteiger partial charge in [-0.25, -0.2) is 0 Å². The van der Waals surface area contributed by atoms with Gasteiger partial charge in [-0.15, -0.1) is 0 Å². The monoisotopic (exact) mass is 460 g/mol. The van der Waals surface area contributed by atoms with E-state index < -0.39 is 0 Å². The average molecular weight is 461 g/mol. The van der Waals surface area contributed by atoms with Gasteiger partial charge < -0.3 is 19.9 Å². The Balaban J connectivity index is 1.27. The molecule has 3 aromatic rings. The van der Waals surface area contributed by atoms with Gasteiger partial charge >= 0.3 is 0 Å². The lowest BCUT2D eigenvalue weighted by atomic mass is 9.78. The number of aromatic nitrogens is 1. The summed E-state index contributed by atoms with van der Waals surface area (Å²) in [6.07, 6.45) is 5.80. The van der Waals surface area contributed by atoms with Crippen molar-refractivity contribution in [2.75, 3.05) is 53.4 Å². The number of carbonyl (C=O) groups is 1. The van der Waals surface area contributed by atoms with Crippen molar-refractivity contribution in [3.63, 3.8) is 0 Å². The molecule has 2 aliphatic heterocycles. The summed E-state index contributed by atoms with van der Waals surface area (Å²) in [5.41, 5.74) is 3.90. The molecule has 1 aromatic heterocycles. The highest BCUT2D eigenvalue weighted by atomic mass is 16.5. The predicted molar refractivity (Wildman–Crippen MR) is 136 cm³/mol. The summed E-state index contributed by atoms with van der Waals surface area (Å²) in [6.45, 7) is 5.49. The lowest BCUT2D eigenvalue weighted by Gasteiger charge is -2.37. The molecule has 34 heavy (non-hydrogen) atoms. The Kier molecular flexibility index (Phi) is 6.61. The van der Waals surface area contributed by atoms with E-state index in [1.807, 2.05) is 18.2 Å². The number of methoxy groups -OCH3 is 1. The van der Waals surface area contributed by atoms with Crippen LogP contribution < -0.4 is 10.1 Å². The number of rotatable bonds is 7. The molecule has 2 saturated heterocycles. The van der Waals surface area contributed by atoms with Crippen LogP contribution in [0.1, 0.15) is 36.3 Å². The fourth-order valence-electron chi connectivity index (χ4n) is 5.76. The number of carbonyl (C=O) groups excluding carboxylic acids is 1. The third kappa shape index (κ3) is 4.84. The van der Waals surface area contributed by atoms with Crippen molar-refractivity contribution >= 4 is 16.8 Å². The molecule has 0 saturated carbocycles. The van der Waals surface area contributed by atoms with Crippen LogP contribution in [0, 0.1) is 5.41 Å². The molecule has 5 rings (SSSR count). The number of nitrogens with zero attached hydrogens (tertiary/aromatic N) is 2. The first-order valence-corrected chi connectivity index (χ1v) is 12.4. The first-order valence-electron chi connectivity index (χ1n) is 12.4. The van der Waals surface area contributed by atoms with E-state index in [2.05, 4.69) is 63.7 Å². The normalized spacial score (nSPS) is 19.5. The number of aromatic amines is 1. The van der Waals surface area contributed by atoms with Gasteiger partial charge in [0.25, 0.3) is 0 Å². The van der Waals surface area contributed by atoms with Crippen LogP contribution in [0.3, 0.4) is 0 Å². The fraction of sp³-hybridized carbons (Fsp3) is 0.464. The van der Waals surface area contributed by atoms with Gasteiger partial charge in [0, 0.05) is 36.1 Å². The Morgan fingerprint density at radius 3 is 2.59 bits per heavy atom. The van der Waals surface area contributed by atoms with E-state index in [1.54, 1.807) is 7.11 Å². The number of ether oxygens (including phenoxy) is 1. The zero-order valence-corrected chi connectivity index (χ0v) is 20.3. The lowest BCUT2D eigenvalue weighted by molar-refractivity contribution is -0.122. The van der Waals surface area contributed by atoms with Gasteiger partial charge in [-0.1, -0.05) is 30.3 Å². The first kappa shape index (κ1) is 22.9. The van der Waals surface area contributed by atoms with Gasteiger partial charge in [0.2, 0.25) is 5.91 Å². The number of hydrogen-bond donors (Lipinski definition) is 2. The molecule has 180 valence electrons. The summed E-state index contributed by atoms with van der Waals surface area (Å²) in [6, 6.07) is 16.5. The summed E-state index contributed by atoms with van der Waals surface area (Å²) in [4.78, 5) is 21.2. The second kappa shape index (κ2) is 9.80. The van der Waals surface area contributed by atoms with E-state index in [0.29, 0.717) is 18.5 Å². The molecule has 1 atom stereocenters. The summed E-state index contributed by atoms with van der Waals surface area (Å²) in [5.74, 6) is 1.01. The van der Waals surface area contributed by atoms with E-state index in [4.69, 9.17) is 4.74 Å². The highest BCUT2D eigenvalue weighted by Gasteiger charge is 2.40. The van der Waals surface area contributed by atoms with Crippen LogP contribution in [0.2, 0.25) is 0 Å². The van der Waals surface area contributed by atoms with E-state index in [1.165, 1.54) is 43.3 Å². The van der Waals surface area contributed by atoms with Crippen LogP contribution in [0.5, 0.6) is 5.75 Å². The molecular weight excluding hydrogens is 424 g/mol. The lowest BCUT2D eigenvalue weighted by Crippen LogP contribution is -2.42. The van der Waals surface area contributed by atoms with E-state index >= 15 is 0 Å². The maximum Gasteiger partial charge on any atom is 0.234 e. The zero-order chi connectivity index (χ0) is 23.5. The zero-order valence-electron chi connectivity index (χ0n) is 20.3. The SMILES string of the molecule is COc1ccc(C(CNC(=O)CN2CCC3(CCN(C)CC3)C2)c2c[nH]c3ccccc23)cc1. The molecule has 0 bridgehead atoms.